The zero-order valence-corrected chi connectivity index (χ0v) is 15.1. The van der Waals surface area contributed by atoms with Gasteiger partial charge in [-0.2, -0.15) is 0 Å². The number of guanidine groups is 1. The largest absolute Gasteiger partial charge is 0.357 e. The van der Waals surface area contributed by atoms with E-state index in [1.807, 2.05) is 6.07 Å². The van der Waals surface area contributed by atoms with Crippen LogP contribution in [-0.2, 0) is 6.54 Å². The van der Waals surface area contributed by atoms with Crippen LogP contribution in [0.5, 0.6) is 0 Å². The van der Waals surface area contributed by atoms with Gasteiger partial charge in [0.25, 0.3) is 0 Å². The van der Waals surface area contributed by atoms with Crippen LogP contribution in [0, 0.1) is 0 Å². The van der Waals surface area contributed by atoms with Crippen molar-refractivity contribution in [3.63, 3.8) is 0 Å². The molecule has 0 amide bonds. The van der Waals surface area contributed by atoms with Gasteiger partial charge >= 0.3 is 0 Å². The predicted octanol–water partition coefficient (Wildman–Crippen LogP) is 3.64. The van der Waals surface area contributed by atoms with Crippen molar-refractivity contribution in [2.45, 2.75) is 32.7 Å². The molecule has 1 aromatic heterocycles. The standard InChI is InChI=1S/C16H24N4.HI/c1-3-4-7-10-18-16(17-2)19-12-14-11-13-8-5-6-9-15(13)20-14;/h5-6,8-9,11,20H,3-4,7,10,12H2,1-2H3,(H2,17,18,19);1H. The number of aromatic amines is 1. The first-order valence-electron chi connectivity index (χ1n) is 7.34. The highest BCUT2D eigenvalue weighted by atomic mass is 127. The van der Waals surface area contributed by atoms with Crippen LogP contribution >= 0.6 is 24.0 Å². The molecule has 0 bridgehead atoms. The highest BCUT2D eigenvalue weighted by molar-refractivity contribution is 14.0. The van der Waals surface area contributed by atoms with E-state index in [4.69, 9.17) is 0 Å². The number of nitrogens with zero attached hydrogens (tertiary/aromatic N) is 1. The van der Waals surface area contributed by atoms with Gasteiger partial charge in [-0.05, 0) is 23.9 Å². The van der Waals surface area contributed by atoms with Crippen LogP contribution in [0.4, 0.5) is 0 Å². The molecule has 1 heterocycles. The van der Waals surface area contributed by atoms with Gasteiger partial charge < -0.3 is 15.6 Å². The summed E-state index contributed by atoms with van der Waals surface area (Å²) in [7, 11) is 1.81. The number of fused-ring (bicyclic) bond motifs is 1. The van der Waals surface area contributed by atoms with Gasteiger partial charge in [-0.1, -0.05) is 38.0 Å². The summed E-state index contributed by atoms with van der Waals surface area (Å²) in [5, 5.41) is 7.91. The van der Waals surface area contributed by atoms with Gasteiger partial charge in [-0.15, -0.1) is 24.0 Å². The molecule has 2 rings (SSSR count). The van der Waals surface area contributed by atoms with Crippen molar-refractivity contribution in [2.75, 3.05) is 13.6 Å². The lowest BCUT2D eigenvalue weighted by Gasteiger charge is -2.10. The molecule has 21 heavy (non-hydrogen) atoms. The Morgan fingerprint density at radius 2 is 2.00 bits per heavy atom. The molecule has 0 spiro atoms. The first-order chi connectivity index (χ1) is 9.83. The first-order valence-corrected chi connectivity index (χ1v) is 7.34. The number of aliphatic imine (C=N–C) groups is 1. The Kier molecular flexibility index (Phi) is 8.19. The summed E-state index contributed by atoms with van der Waals surface area (Å²) in [6.07, 6.45) is 3.68. The normalized spacial score (nSPS) is 11.2. The zero-order valence-electron chi connectivity index (χ0n) is 12.8. The highest BCUT2D eigenvalue weighted by Crippen LogP contribution is 2.14. The number of rotatable bonds is 6. The molecule has 3 N–H and O–H groups in total. The van der Waals surface area contributed by atoms with Crippen molar-refractivity contribution >= 4 is 40.8 Å². The van der Waals surface area contributed by atoms with Gasteiger partial charge in [0.1, 0.15) is 0 Å². The van der Waals surface area contributed by atoms with Gasteiger partial charge in [0.05, 0.1) is 6.54 Å². The van der Waals surface area contributed by atoms with Gasteiger partial charge in [-0.3, -0.25) is 4.99 Å². The van der Waals surface area contributed by atoms with Gasteiger partial charge in [0.15, 0.2) is 5.96 Å². The summed E-state index contributed by atoms with van der Waals surface area (Å²) < 4.78 is 0. The average Bonchev–Trinajstić information content (AvgIpc) is 2.89. The lowest BCUT2D eigenvalue weighted by molar-refractivity contribution is 0.682. The second kappa shape index (κ2) is 9.65. The van der Waals surface area contributed by atoms with Crippen molar-refractivity contribution in [3.8, 4) is 0 Å². The summed E-state index contributed by atoms with van der Waals surface area (Å²) in [6, 6.07) is 10.5. The summed E-state index contributed by atoms with van der Waals surface area (Å²) in [4.78, 5) is 7.64. The van der Waals surface area contributed by atoms with E-state index in [1.54, 1.807) is 7.05 Å². The number of para-hydroxylation sites is 1. The smallest absolute Gasteiger partial charge is 0.191 e. The number of nitrogens with one attached hydrogen (secondary N) is 3. The van der Waals surface area contributed by atoms with E-state index < -0.39 is 0 Å². The number of benzene rings is 1. The molecule has 0 radical (unpaired) electrons. The van der Waals surface area contributed by atoms with E-state index in [1.165, 1.54) is 35.9 Å². The topological polar surface area (TPSA) is 52.2 Å². The van der Waals surface area contributed by atoms with Crippen LogP contribution < -0.4 is 10.6 Å². The lowest BCUT2D eigenvalue weighted by atomic mass is 10.2. The zero-order chi connectivity index (χ0) is 14.2. The molecule has 0 saturated carbocycles. The van der Waals surface area contributed by atoms with E-state index in [2.05, 4.69) is 51.8 Å². The molecule has 0 aliphatic rings. The van der Waals surface area contributed by atoms with Crippen LogP contribution in [0.25, 0.3) is 10.9 Å². The third-order valence-electron chi connectivity index (χ3n) is 3.33. The minimum absolute atomic E-state index is 0. The van der Waals surface area contributed by atoms with E-state index in [-0.39, 0.29) is 24.0 Å². The fourth-order valence-corrected chi connectivity index (χ4v) is 2.21. The number of hydrogen-bond donors (Lipinski definition) is 3. The highest BCUT2D eigenvalue weighted by Gasteiger charge is 2.01. The maximum Gasteiger partial charge on any atom is 0.191 e. The Balaban J connectivity index is 0.00000220. The average molecular weight is 400 g/mol. The van der Waals surface area contributed by atoms with Crippen molar-refractivity contribution in [1.82, 2.24) is 15.6 Å². The third kappa shape index (κ3) is 5.57. The second-order valence-corrected chi connectivity index (χ2v) is 4.94. The molecule has 0 aliphatic carbocycles. The van der Waals surface area contributed by atoms with E-state index in [0.29, 0.717) is 0 Å². The van der Waals surface area contributed by atoms with Crippen molar-refractivity contribution in [2.24, 2.45) is 4.99 Å². The van der Waals surface area contributed by atoms with Gasteiger partial charge in [0, 0.05) is 24.8 Å². The molecular weight excluding hydrogens is 375 g/mol. The summed E-state index contributed by atoms with van der Waals surface area (Å²) in [6.45, 7) is 3.94. The van der Waals surface area contributed by atoms with Crippen molar-refractivity contribution in [1.29, 1.82) is 0 Å². The van der Waals surface area contributed by atoms with E-state index >= 15 is 0 Å². The molecule has 5 heteroatoms. The van der Waals surface area contributed by atoms with E-state index in [9.17, 15) is 0 Å². The summed E-state index contributed by atoms with van der Waals surface area (Å²) in [5.41, 5.74) is 2.35. The summed E-state index contributed by atoms with van der Waals surface area (Å²) in [5.74, 6) is 0.861. The molecule has 1 aromatic carbocycles. The fraction of sp³-hybridized carbons (Fsp3) is 0.438. The van der Waals surface area contributed by atoms with Crippen LogP contribution in [0.2, 0.25) is 0 Å². The Labute approximate surface area is 143 Å². The number of hydrogen-bond acceptors (Lipinski definition) is 1. The van der Waals surface area contributed by atoms with E-state index in [0.717, 1.165) is 19.0 Å². The lowest BCUT2D eigenvalue weighted by Crippen LogP contribution is -2.37. The van der Waals surface area contributed by atoms with Gasteiger partial charge in [-0.25, -0.2) is 0 Å². The second-order valence-electron chi connectivity index (χ2n) is 4.94. The van der Waals surface area contributed by atoms with Gasteiger partial charge in [0.2, 0.25) is 0 Å². The Morgan fingerprint density at radius 3 is 2.71 bits per heavy atom. The molecule has 0 unspecified atom stereocenters. The van der Waals surface area contributed by atoms with Crippen LogP contribution in [0.3, 0.4) is 0 Å². The fourth-order valence-electron chi connectivity index (χ4n) is 2.21. The van der Waals surface area contributed by atoms with Crippen LogP contribution in [-0.4, -0.2) is 24.5 Å². The maximum absolute atomic E-state index is 4.24. The molecular formula is C16H25IN4. The minimum Gasteiger partial charge on any atom is -0.357 e. The molecule has 0 fully saturated rings. The molecule has 116 valence electrons. The van der Waals surface area contributed by atoms with Crippen LogP contribution in [0.15, 0.2) is 35.3 Å². The van der Waals surface area contributed by atoms with Crippen molar-refractivity contribution < 1.29 is 0 Å². The SMILES string of the molecule is CCCCCNC(=NC)NCc1cc2ccccc2[nH]1.I. The maximum atomic E-state index is 4.24. The number of aromatic nitrogens is 1. The Bertz CT molecular complexity index is 529. The third-order valence-corrected chi connectivity index (χ3v) is 3.33. The first kappa shape index (κ1) is 17.8. The number of halogens is 1. The minimum atomic E-state index is 0. The quantitative estimate of drug-likeness (QED) is 0.300. The molecule has 0 aliphatic heterocycles. The molecule has 2 aromatic rings. The monoisotopic (exact) mass is 400 g/mol. The number of H-pyrrole nitrogens is 1. The Morgan fingerprint density at radius 1 is 1.19 bits per heavy atom. The summed E-state index contributed by atoms with van der Waals surface area (Å²) >= 11 is 0. The molecule has 0 saturated heterocycles. The number of unbranched alkanes of at least 4 members (excludes halogenated alkanes) is 2. The van der Waals surface area contributed by atoms with Crippen molar-refractivity contribution in [3.05, 3.63) is 36.0 Å². The van der Waals surface area contributed by atoms with Crippen LogP contribution in [0.1, 0.15) is 31.9 Å². The molecule has 0 atom stereocenters. The predicted molar refractivity (Wildman–Crippen MR) is 101 cm³/mol. The Hall–Kier alpha value is -1.24. The molecule has 4 nitrogen and oxygen atoms in total.